The normalized spacial score (nSPS) is 37.9. The summed E-state index contributed by atoms with van der Waals surface area (Å²) in [5.74, 6) is -1.53. The van der Waals surface area contributed by atoms with Crippen molar-refractivity contribution >= 4 is 11.6 Å². The molecule has 3 saturated heterocycles. The van der Waals surface area contributed by atoms with Crippen molar-refractivity contribution in [3.63, 3.8) is 0 Å². The van der Waals surface area contributed by atoms with Gasteiger partial charge in [-0.3, -0.25) is 9.63 Å². The van der Waals surface area contributed by atoms with Gasteiger partial charge in [0.25, 0.3) is 5.91 Å². The van der Waals surface area contributed by atoms with Crippen molar-refractivity contribution in [1.82, 2.24) is 0 Å². The number of hydrogen-bond donors (Lipinski definition) is 1. The predicted molar refractivity (Wildman–Crippen MR) is 101 cm³/mol. The van der Waals surface area contributed by atoms with Crippen LogP contribution in [0.15, 0.2) is 18.2 Å². The third kappa shape index (κ3) is 3.01. The molecular formula is C21H25F3N2O4. The summed E-state index contributed by atoms with van der Waals surface area (Å²) in [6, 6.07) is 4.59. The molecule has 0 aliphatic carbocycles. The van der Waals surface area contributed by atoms with Gasteiger partial charge >= 0.3 is 6.18 Å². The summed E-state index contributed by atoms with van der Waals surface area (Å²) in [4.78, 5) is 19.2. The first-order valence-electron chi connectivity index (χ1n) is 9.43. The number of carbonyl (C=O) groups excluding carboxylic acids is 1. The molecule has 0 aromatic heterocycles. The Bertz CT molecular complexity index is 914. The molecule has 1 N–H and O–H groups in total. The van der Waals surface area contributed by atoms with Crippen LogP contribution in [0.25, 0.3) is 0 Å². The van der Waals surface area contributed by atoms with Crippen LogP contribution in [0.4, 0.5) is 18.9 Å². The molecular weight excluding hydrogens is 401 g/mol. The Morgan fingerprint density at radius 2 is 1.97 bits per heavy atom. The van der Waals surface area contributed by atoms with E-state index in [1.807, 2.05) is 6.92 Å². The minimum Gasteiger partial charge on any atom is -0.390 e. The van der Waals surface area contributed by atoms with Crippen molar-refractivity contribution in [2.45, 2.75) is 70.6 Å². The zero-order valence-corrected chi connectivity index (χ0v) is 16.2. The smallest absolute Gasteiger partial charge is 0.390 e. The predicted octanol–water partition coefficient (Wildman–Crippen LogP) is 3.81. The highest BCUT2D eigenvalue weighted by atomic mass is 19.4. The molecule has 164 valence electrons. The number of hydroxylamine groups is 1. The van der Waals surface area contributed by atoms with Gasteiger partial charge in [-0.2, -0.15) is 23.5 Å². The third-order valence-corrected chi connectivity index (χ3v) is 6.54. The molecule has 1 aromatic carbocycles. The third-order valence-electron chi connectivity index (χ3n) is 6.54. The topological polar surface area (TPSA) is 82.8 Å². The monoisotopic (exact) mass is 426 g/mol. The average molecular weight is 426 g/mol. The molecule has 3 bridgehead atoms. The lowest BCUT2D eigenvalue weighted by Crippen LogP contribution is -2.57. The number of hydrogen-bond acceptors (Lipinski definition) is 5. The minimum atomic E-state index is -4.75. The van der Waals surface area contributed by atoms with E-state index in [9.17, 15) is 23.1 Å². The van der Waals surface area contributed by atoms with Gasteiger partial charge in [-0.1, -0.05) is 14.4 Å². The van der Waals surface area contributed by atoms with Crippen LogP contribution in [-0.2, 0) is 20.5 Å². The number of nitriles is 1. The summed E-state index contributed by atoms with van der Waals surface area (Å²) < 4.78 is 46.4. The Balaban J connectivity index is 0.00000256. The number of alkyl halides is 3. The van der Waals surface area contributed by atoms with E-state index in [2.05, 4.69) is 0 Å². The largest absolute Gasteiger partial charge is 0.417 e. The molecule has 6 nitrogen and oxygen atoms in total. The van der Waals surface area contributed by atoms with E-state index in [0.717, 1.165) is 17.2 Å². The van der Waals surface area contributed by atoms with E-state index in [0.29, 0.717) is 6.42 Å². The Morgan fingerprint density at radius 1 is 1.30 bits per heavy atom. The maximum atomic E-state index is 13.4. The number of amides is 1. The first kappa shape index (κ1) is 22.5. The van der Waals surface area contributed by atoms with Crippen LogP contribution in [0.1, 0.15) is 52.2 Å². The van der Waals surface area contributed by atoms with Crippen LogP contribution < -0.4 is 5.06 Å². The van der Waals surface area contributed by atoms with Gasteiger partial charge in [0.05, 0.1) is 46.6 Å². The first-order chi connectivity index (χ1) is 13.4. The van der Waals surface area contributed by atoms with Crippen molar-refractivity contribution < 1.29 is 32.6 Å². The maximum absolute atomic E-state index is 13.4. The number of benzene rings is 1. The second-order valence-electron chi connectivity index (χ2n) is 8.45. The van der Waals surface area contributed by atoms with Gasteiger partial charge in [0.15, 0.2) is 0 Å². The first-order valence-corrected chi connectivity index (χ1v) is 9.43. The van der Waals surface area contributed by atoms with Gasteiger partial charge in [0, 0.05) is 18.8 Å². The lowest BCUT2D eigenvalue weighted by molar-refractivity contribution is -0.145. The Kier molecular flexibility index (Phi) is 5.21. The van der Waals surface area contributed by atoms with Crippen LogP contribution in [0.2, 0.25) is 0 Å². The van der Waals surface area contributed by atoms with E-state index < -0.39 is 52.5 Å². The minimum absolute atomic E-state index is 0. The van der Waals surface area contributed by atoms with Gasteiger partial charge in [-0.15, -0.1) is 0 Å². The summed E-state index contributed by atoms with van der Waals surface area (Å²) in [5, 5.41) is 20.5. The lowest BCUT2D eigenvalue weighted by atomic mass is 9.64. The maximum Gasteiger partial charge on any atom is 0.417 e. The van der Waals surface area contributed by atoms with Crippen LogP contribution >= 0.6 is 0 Å². The molecule has 0 radical (unpaired) electrons. The van der Waals surface area contributed by atoms with Crippen molar-refractivity contribution in [3.8, 4) is 6.07 Å². The molecule has 1 amide bonds. The molecule has 3 aliphatic heterocycles. The fourth-order valence-electron chi connectivity index (χ4n) is 5.36. The van der Waals surface area contributed by atoms with Crippen LogP contribution in [0, 0.1) is 23.2 Å². The second-order valence-corrected chi connectivity index (χ2v) is 8.45. The SMILES string of the molecule is C.CC1CC23OC(C)(CC2O)[C@@H](C(=O)N(c2ccc(C#N)c(C(F)(F)F)c2)O1)C3C. The van der Waals surface area contributed by atoms with E-state index in [4.69, 9.17) is 14.8 Å². The molecule has 3 fully saturated rings. The molecule has 1 aromatic rings. The summed E-state index contributed by atoms with van der Waals surface area (Å²) in [7, 11) is 0. The number of fused-ring (bicyclic) bond motifs is 3. The summed E-state index contributed by atoms with van der Waals surface area (Å²) in [6.07, 6.45) is -5.51. The summed E-state index contributed by atoms with van der Waals surface area (Å²) >= 11 is 0. The van der Waals surface area contributed by atoms with Gasteiger partial charge in [0.2, 0.25) is 0 Å². The summed E-state index contributed by atoms with van der Waals surface area (Å²) in [6.45, 7) is 5.25. The molecule has 0 saturated carbocycles. The highest BCUT2D eigenvalue weighted by molar-refractivity contribution is 5.95. The van der Waals surface area contributed by atoms with E-state index >= 15 is 0 Å². The molecule has 4 rings (SSSR count). The van der Waals surface area contributed by atoms with Crippen LogP contribution in [0.5, 0.6) is 0 Å². The van der Waals surface area contributed by atoms with Crippen molar-refractivity contribution in [2.75, 3.05) is 5.06 Å². The highest BCUT2D eigenvalue weighted by Gasteiger charge is 2.71. The zero-order chi connectivity index (χ0) is 21.4. The van der Waals surface area contributed by atoms with Gasteiger partial charge in [0.1, 0.15) is 5.60 Å². The van der Waals surface area contributed by atoms with Gasteiger partial charge in [-0.25, -0.2) is 0 Å². The molecule has 30 heavy (non-hydrogen) atoms. The zero-order valence-electron chi connectivity index (χ0n) is 16.2. The van der Waals surface area contributed by atoms with Crippen LogP contribution in [-0.4, -0.2) is 34.4 Å². The van der Waals surface area contributed by atoms with E-state index in [1.165, 1.54) is 12.1 Å². The Labute approximate surface area is 173 Å². The number of carbonyl (C=O) groups is 1. The number of ether oxygens (including phenoxy) is 1. The fraction of sp³-hybridized carbons (Fsp3) is 0.619. The molecule has 6 atom stereocenters. The summed E-state index contributed by atoms with van der Waals surface area (Å²) in [5.41, 5.74) is -3.59. The van der Waals surface area contributed by atoms with E-state index in [1.54, 1.807) is 13.8 Å². The average Bonchev–Trinajstić information content (AvgIpc) is 3.01. The number of anilines is 1. The standard InChI is InChI=1S/C20H21F3N2O4.CH4/c1-10-7-19-11(2)16(18(3,29-19)8-15(19)26)17(27)25(28-10)13-5-4-12(9-24)14(6-13)20(21,22)23;/h4-6,10-11,15-16,26H,7-8H2,1-3H3;1H4/t10?,11?,15?,16-,18?,19?;/m1./s1. The number of nitrogens with zero attached hydrogens (tertiary/aromatic N) is 2. The number of halogens is 3. The number of rotatable bonds is 1. The highest BCUT2D eigenvalue weighted by Crippen LogP contribution is 2.60. The second kappa shape index (κ2) is 6.94. The fourth-order valence-corrected chi connectivity index (χ4v) is 5.36. The Morgan fingerprint density at radius 3 is 2.57 bits per heavy atom. The quantitative estimate of drug-likeness (QED) is 0.738. The lowest BCUT2D eigenvalue weighted by Gasteiger charge is -2.44. The van der Waals surface area contributed by atoms with Crippen molar-refractivity contribution in [2.24, 2.45) is 11.8 Å². The number of aliphatic hydroxyl groups excluding tert-OH is 1. The molecule has 3 heterocycles. The van der Waals surface area contributed by atoms with Crippen LogP contribution in [0.3, 0.4) is 0 Å². The Hall–Kier alpha value is -2.15. The number of aliphatic hydroxyl groups is 1. The molecule has 1 spiro atoms. The van der Waals surface area contributed by atoms with Gasteiger partial charge < -0.3 is 9.84 Å². The molecule has 3 aliphatic rings. The van der Waals surface area contributed by atoms with Gasteiger partial charge in [-0.05, 0) is 32.0 Å². The van der Waals surface area contributed by atoms with Crippen molar-refractivity contribution in [3.05, 3.63) is 29.3 Å². The molecule has 5 unspecified atom stereocenters. The van der Waals surface area contributed by atoms with E-state index in [-0.39, 0.29) is 25.5 Å². The van der Waals surface area contributed by atoms with Crippen molar-refractivity contribution in [1.29, 1.82) is 5.26 Å². The molecule has 9 heteroatoms.